The molecule has 0 aromatic rings. The van der Waals surface area contributed by atoms with Gasteiger partial charge in [0.2, 0.25) is 0 Å². The smallest absolute Gasteiger partial charge is 0.0692 e. The molecule has 0 aromatic carbocycles. The van der Waals surface area contributed by atoms with Crippen LogP contribution in [0.2, 0.25) is 0 Å². The van der Waals surface area contributed by atoms with Gasteiger partial charge in [0.15, 0.2) is 0 Å². The van der Waals surface area contributed by atoms with Gasteiger partial charge in [0.05, 0.1) is 4.87 Å². The van der Waals surface area contributed by atoms with Crippen molar-refractivity contribution in [1.82, 2.24) is 0 Å². The van der Waals surface area contributed by atoms with Crippen molar-refractivity contribution in [3.05, 3.63) is 12.3 Å². The molecule has 2 nitrogen and oxygen atoms in total. The van der Waals surface area contributed by atoms with Crippen molar-refractivity contribution in [3.63, 3.8) is 0 Å². The number of hydrogen-bond donors (Lipinski definition) is 1. The third-order valence-corrected chi connectivity index (χ3v) is 2.51. The molecular weight excluding hydrogens is 172 g/mol. The lowest BCUT2D eigenvalue weighted by molar-refractivity contribution is 0.590. The zero-order chi connectivity index (χ0) is 8.86. The summed E-state index contributed by atoms with van der Waals surface area (Å²) >= 11 is 6.29. The number of aliphatic imine (C=N–C) groups is 1. The number of nitrogens with two attached hydrogens (primary N) is 1. The van der Waals surface area contributed by atoms with Crippen LogP contribution in [0.15, 0.2) is 17.3 Å². The number of unbranched alkanes of at least 4 members (excludes halogenated alkanes) is 1. The van der Waals surface area contributed by atoms with Crippen molar-refractivity contribution >= 4 is 17.8 Å². The normalized spacial score (nSPS) is 27.8. The Morgan fingerprint density at radius 1 is 1.50 bits per heavy atom. The Bertz CT molecular complexity index is 189. The zero-order valence-electron chi connectivity index (χ0n) is 7.17. The summed E-state index contributed by atoms with van der Waals surface area (Å²) in [4.78, 5) is 3.80. The molecule has 1 unspecified atom stereocenters. The van der Waals surface area contributed by atoms with Crippen LogP contribution >= 0.6 is 11.6 Å². The largest absolute Gasteiger partial charge is 0.330 e. The average Bonchev–Trinajstić information content (AvgIpc) is 2.06. The fourth-order valence-electron chi connectivity index (χ4n) is 1.26. The van der Waals surface area contributed by atoms with Crippen LogP contribution in [0.25, 0.3) is 0 Å². The minimum Gasteiger partial charge on any atom is -0.330 e. The maximum Gasteiger partial charge on any atom is 0.0692 e. The summed E-state index contributed by atoms with van der Waals surface area (Å²) in [5, 5.41) is 0. The van der Waals surface area contributed by atoms with E-state index in [1.165, 1.54) is 0 Å². The SMILES string of the molecule is NCCCCC1(Cl)C=CN=CC1. The lowest BCUT2D eigenvalue weighted by atomic mass is 9.97. The van der Waals surface area contributed by atoms with Crippen LogP contribution in [0, 0.1) is 0 Å². The maximum atomic E-state index is 6.29. The van der Waals surface area contributed by atoms with E-state index in [9.17, 15) is 0 Å². The quantitative estimate of drug-likeness (QED) is 0.530. The Morgan fingerprint density at radius 2 is 2.33 bits per heavy atom. The van der Waals surface area contributed by atoms with E-state index in [1.807, 2.05) is 12.3 Å². The Labute approximate surface area is 78.5 Å². The molecule has 1 heterocycles. The van der Waals surface area contributed by atoms with Crippen molar-refractivity contribution < 1.29 is 0 Å². The highest BCUT2D eigenvalue weighted by molar-refractivity contribution is 6.26. The van der Waals surface area contributed by atoms with Gasteiger partial charge in [0, 0.05) is 18.8 Å². The highest BCUT2D eigenvalue weighted by Crippen LogP contribution is 2.29. The minimum atomic E-state index is -0.184. The molecule has 0 fully saturated rings. The number of alkyl halides is 1. The molecular formula is C9H15ClN2. The molecule has 68 valence electrons. The molecule has 0 bridgehead atoms. The van der Waals surface area contributed by atoms with E-state index in [0.29, 0.717) is 0 Å². The summed E-state index contributed by atoms with van der Waals surface area (Å²) in [6, 6.07) is 0. The van der Waals surface area contributed by atoms with Crippen molar-refractivity contribution in [2.75, 3.05) is 6.54 Å². The Morgan fingerprint density at radius 3 is 2.92 bits per heavy atom. The van der Waals surface area contributed by atoms with Gasteiger partial charge in [0.25, 0.3) is 0 Å². The first kappa shape index (κ1) is 9.75. The third kappa shape index (κ3) is 2.95. The number of rotatable bonds is 4. The van der Waals surface area contributed by atoms with E-state index in [2.05, 4.69) is 4.99 Å². The van der Waals surface area contributed by atoms with Crippen molar-refractivity contribution in [3.8, 4) is 0 Å². The zero-order valence-corrected chi connectivity index (χ0v) is 7.93. The molecule has 1 aliphatic rings. The molecule has 0 saturated heterocycles. The lowest BCUT2D eigenvalue weighted by Crippen LogP contribution is -2.20. The van der Waals surface area contributed by atoms with Gasteiger partial charge in [-0.1, -0.05) is 6.42 Å². The first-order valence-electron chi connectivity index (χ1n) is 4.35. The minimum absolute atomic E-state index is 0.184. The van der Waals surface area contributed by atoms with E-state index in [0.717, 1.165) is 32.2 Å². The topological polar surface area (TPSA) is 38.4 Å². The Hall–Kier alpha value is -0.340. The van der Waals surface area contributed by atoms with Gasteiger partial charge in [0.1, 0.15) is 0 Å². The maximum absolute atomic E-state index is 6.29. The van der Waals surface area contributed by atoms with Gasteiger partial charge in [-0.15, -0.1) is 11.6 Å². The number of nitrogens with zero attached hydrogens (tertiary/aromatic N) is 1. The molecule has 0 amide bonds. The first-order valence-corrected chi connectivity index (χ1v) is 4.73. The van der Waals surface area contributed by atoms with Gasteiger partial charge in [-0.3, -0.25) is 4.99 Å². The molecule has 1 rings (SSSR count). The summed E-state index contributed by atoms with van der Waals surface area (Å²) in [6.07, 6.45) is 9.61. The monoisotopic (exact) mass is 186 g/mol. The van der Waals surface area contributed by atoms with E-state index in [1.54, 1.807) is 6.20 Å². The first-order chi connectivity index (χ1) is 5.77. The van der Waals surface area contributed by atoms with Gasteiger partial charge in [-0.25, -0.2) is 0 Å². The van der Waals surface area contributed by atoms with Gasteiger partial charge in [-0.2, -0.15) is 0 Å². The molecule has 0 saturated carbocycles. The molecule has 1 aliphatic heterocycles. The lowest BCUT2D eigenvalue weighted by Gasteiger charge is -2.22. The number of halogens is 1. The fraction of sp³-hybridized carbons (Fsp3) is 0.667. The summed E-state index contributed by atoms with van der Waals surface area (Å²) < 4.78 is 0. The summed E-state index contributed by atoms with van der Waals surface area (Å²) in [5.74, 6) is 0. The van der Waals surface area contributed by atoms with Crippen LogP contribution < -0.4 is 5.73 Å². The molecule has 0 radical (unpaired) electrons. The Kier molecular flexibility index (Phi) is 3.76. The molecule has 3 heteroatoms. The summed E-state index contributed by atoms with van der Waals surface area (Å²) in [6.45, 7) is 0.755. The van der Waals surface area contributed by atoms with Crippen LogP contribution in [-0.2, 0) is 0 Å². The van der Waals surface area contributed by atoms with Crippen molar-refractivity contribution in [2.24, 2.45) is 10.7 Å². The molecule has 0 aliphatic carbocycles. The highest BCUT2D eigenvalue weighted by Gasteiger charge is 2.23. The molecule has 1 atom stereocenters. The molecule has 12 heavy (non-hydrogen) atoms. The van der Waals surface area contributed by atoms with Crippen LogP contribution in [0.1, 0.15) is 25.7 Å². The average molecular weight is 187 g/mol. The predicted molar refractivity (Wildman–Crippen MR) is 53.7 cm³/mol. The molecule has 0 aromatic heterocycles. The highest BCUT2D eigenvalue weighted by atomic mass is 35.5. The van der Waals surface area contributed by atoms with Crippen LogP contribution in [-0.4, -0.2) is 17.6 Å². The standard InChI is InChI=1S/C9H15ClN2/c10-9(3-1-2-6-11)4-7-12-8-5-9/h4,7-8H,1-3,5-6,11H2. The third-order valence-electron chi connectivity index (χ3n) is 2.04. The van der Waals surface area contributed by atoms with Crippen molar-refractivity contribution in [1.29, 1.82) is 0 Å². The van der Waals surface area contributed by atoms with E-state index >= 15 is 0 Å². The predicted octanol–water partition coefficient (Wildman–Crippen LogP) is 2.08. The van der Waals surface area contributed by atoms with Crippen LogP contribution in [0.4, 0.5) is 0 Å². The van der Waals surface area contributed by atoms with Crippen molar-refractivity contribution in [2.45, 2.75) is 30.6 Å². The van der Waals surface area contributed by atoms with Gasteiger partial charge >= 0.3 is 0 Å². The molecule has 2 N–H and O–H groups in total. The fourth-order valence-corrected chi connectivity index (χ4v) is 1.52. The van der Waals surface area contributed by atoms with Crippen LogP contribution in [0.3, 0.4) is 0 Å². The second-order valence-corrected chi connectivity index (χ2v) is 3.88. The summed E-state index contributed by atoms with van der Waals surface area (Å²) in [7, 11) is 0. The van der Waals surface area contributed by atoms with Gasteiger partial charge in [-0.05, 0) is 25.5 Å². The van der Waals surface area contributed by atoms with E-state index < -0.39 is 0 Å². The number of hydrogen-bond acceptors (Lipinski definition) is 2. The van der Waals surface area contributed by atoms with E-state index in [-0.39, 0.29) is 4.87 Å². The Balaban J connectivity index is 2.29. The second kappa shape index (κ2) is 4.63. The van der Waals surface area contributed by atoms with Gasteiger partial charge < -0.3 is 5.73 Å². The number of allylic oxidation sites excluding steroid dienone is 1. The van der Waals surface area contributed by atoms with E-state index in [4.69, 9.17) is 17.3 Å². The second-order valence-electron chi connectivity index (χ2n) is 3.13. The summed E-state index contributed by atoms with van der Waals surface area (Å²) in [5.41, 5.74) is 5.40. The molecule has 0 spiro atoms. The van der Waals surface area contributed by atoms with Crippen LogP contribution in [0.5, 0.6) is 0 Å².